The quantitative estimate of drug-likeness (QED) is 0.275. The summed E-state index contributed by atoms with van der Waals surface area (Å²) in [5.41, 5.74) is 0. The molecule has 0 bridgehead atoms. The Hall–Kier alpha value is -5.02. The lowest BCUT2D eigenvalue weighted by molar-refractivity contribution is -0.120. The lowest BCUT2D eigenvalue weighted by Gasteiger charge is -2.20. The van der Waals surface area contributed by atoms with Gasteiger partial charge in [0.05, 0.1) is 20.6 Å². The van der Waals surface area contributed by atoms with Gasteiger partial charge in [-0.05, 0) is 115 Å². The molecule has 0 heterocycles. The molecule has 0 aromatic rings. The molecule has 39 heavy (non-hydrogen) atoms. The zero-order valence-electron chi connectivity index (χ0n) is 22.7. The largest absolute Gasteiger partial charge is 0.384 e. The molecule has 0 unspecified atom stereocenters. The number of carbonyl (C=O) groups is 1. The summed E-state index contributed by atoms with van der Waals surface area (Å²) in [4.78, 5) is 11.2. The molecule has 0 radical (unpaired) electrons. The van der Waals surface area contributed by atoms with Crippen molar-refractivity contribution in [3.8, 4) is 130 Å². The highest BCUT2D eigenvalue weighted by Gasteiger charge is 2.14. The van der Waals surface area contributed by atoms with Gasteiger partial charge >= 0.3 is 0 Å². The van der Waals surface area contributed by atoms with Crippen LogP contribution < -0.4 is 0 Å². The minimum Gasteiger partial charge on any atom is -0.384 e. The highest BCUT2D eigenvalue weighted by molar-refractivity contribution is 7.59. The summed E-state index contributed by atoms with van der Waals surface area (Å²) in [6, 6.07) is 0. The molecule has 0 rings (SSSR count). The van der Waals surface area contributed by atoms with Crippen molar-refractivity contribution in [2.24, 2.45) is 5.92 Å². The molecular weight excluding hydrogens is 503 g/mol. The minimum atomic E-state index is -2.71. The van der Waals surface area contributed by atoms with Gasteiger partial charge in [-0.1, -0.05) is 18.8 Å². The Bertz CT molecular complexity index is 1480. The fourth-order valence-corrected chi connectivity index (χ4v) is 2.34. The summed E-state index contributed by atoms with van der Waals surface area (Å²) >= 11 is 0. The van der Waals surface area contributed by atoms with Gasteiger partial charge in [-0.2, -0.15) is 0 Å². The molecule has 0 amide bonds. The van der Waals surface area contributed by atoms with E-state index in [0.717, 1.165) is 0 Å². The maximum absolute atomic E-state index is 11.2. The third-order valence-corrected chi connectivity index (χ3v) is 4.03. The van der Waals surface area contributed by atoms with Gasteiger partial charge in [-0.3, -0.25) is 11.5 Å². The molecule has 4 nitrogen and oxygen atoms in total. The van der Waals surface area contributed by atoms with Crippen LogP contribution in [0.3, 0.4) is 0 Å². The Morgan fingerprint density at radius 3 is 1.21 bits per heavy atom. The van der Waals surface area contributed by atoms with Crippen molar-refractivity contribution in [1.82, 2.24) is 0 Å². The topological polar surface area (TPSA) is 52.6 Å². The molecule has 0 N–H and O–H groups in total. The molecule has 0 spiro atoms. The van der Waals surface area contributed by atoms with E-state index in [0.29, 0.717) is 19.4 Å². The molecule has 0 aromatic heterocycles. The van der Waals surface area contributed by atoms with E-state index in [1.165, 1.54) is 6.66 Å². The highest BCUT2D eigenvalue weighted by atomic mass is 31.2. The van der Waals surface area contributed by atoms with Gasteiger partial charge in [-0.15, -0.1) is 0 Å². The average molecular weight is 530 g/mol. The number of ketones is 1. The van der Waals surface area contributed by atoms with Crippen molar-refractivity contribution in [2.75, 3.05) is 27.0 Å². The van der Waals surface area contributed by atoms with Crippen LogP contribution in [0, 0.1) is 143 Å². The smallest absolute Gasteiger partial charge is 0.133 e. The van der Waals surface area contributed by atoms with Crippen LogP contribution in [0.1, 0.15) is 33.6 Å². The maximum Gasteiger partial charge on any atom is 0.133 e. The summed E-state index contributed by atoms with van der Waals surface area (Å²) < 4.78 is 21.3. The van der Waals surface area contributed by atoms with Crippen molar-refractivity contribution in [2.45, 2.75) is 33.6 Å². The fourth-order valence-electron chi connectivity index (χ4n) is 1.82. The predicted octanol–water partition coefficient (Wildman–Crippen LogP) is 3.40. The van der Waals surface area contributed by atoms with Crippen molar-refractivity contribution in [3.05, 3.63) is 6.66 Å². The number of methoxy groups -OCH3 is 1. The number of Topliss-reactive ketones (excluding diaryl/α,β-unsaturated/α-hetero) is 1. The van der Waals surface area contributed by atoms with Crippen LogP contribution in [0.5, 0.6) is 0 Å². The van der Waals surface area contributed by atoms with Crippen LogP contribution in [-0.4, -0.2) is 32.8 Å². The summed E-state index contributed by atoms with van der Waals surface area (Å²) in [6.45, 7) is 10.8. The van der Waals surface area contributed by atoms with E-state index < -0.39 is 7.37 Å². The van der Waals surface area contributed by atoms with E-state index in [4.69, 9.17) is 9.26 Å². The standard InChI is InChI=1S/C24H6.C10H20O4P/c1-3-5-7-9-11-13-15-17-19-21-23-24-22-20-18-16-14-12-10-8-6-4-2;1-5-10(11)6-9(7-13-2)8-14-15(3,4)12/h1-2H3;9H,3,5-8H2,1-2,4H3/q;-1/t;9-,15+/m.0/s1. The van der Waals surface area contributed by atoms with Crippen LogP contribution in [-0.2, 0) is 18.6 Å². The Morgan fingerprint density at radius 2 is 0.974 bits per heavy atom. The van der Waals surface area contributed by atoms with Crippen LogP contribution in [0.25, 0.3) is 0 Å². The predicted molar refractivity (Wildman–Crippen MR) is 157 cm³/mol. The summed E-state index contributed by atoms with van der Waals surface area (Å²) in [5.74, 6) is 55.7. The first-order valence-corrected chi connectivity index (χ1v) is 13.5. The zero-order chi connectivity index (χ0) is 29.5. The number of rotatable bonds is 8. The molecule has 0 aliphatic heterocycles. The van der Waals surface area contributed by atoms with Gasteiger partial charge in [0.15, 0.2) is 0 Å². The lowest BCUT2D eigenvalue weighted by atomic mass is 10.0. The number of carbonyl (C=O) groups excluding carboxylic acids is 1. The first-order valence-electron chi connectivity index (χ1n) is 11.2. The Balaban J connectivity index is 0. The van der Waals surface area contributed by atoms with Crippen LogP contribution in [0.15, 0.2) is 0 Å². The summed E-state index contributed by atoms with van der Waals surface area (Å²) in [6.07, 6.45) is 0.915. The fraction of sp³-hybridized carbons (Fsp3) is 0.294. The van der Waals surface area contributed by atoms with Crippen LogP contribution in [0.4, 0.5) is 0 Å². The first kappa shape index (κ1) is 36.1. The Labute approximate surface area is 235 Å². The monoisotopic (exact) mass is 529 g/mol. The number of hydrogen-bond acceptors (Lipinski definition) is 4. The lowest BCUT2D eigenvalue weighted by Crippen LogP contribution is -2.18. The average Bonchev–Trinajstić information content (AvgIpc) is 2.90. The molecule has 0 aliphatic rings. The minimum absolute atomic E-state index is 0.0301. The maximum atomic E-state index is 11.2. The number of ether oxygens (including phenoxy) is 1. The van der Waals surface area contributed by atoms with E-state index in [1.807, 2.05) is 6.92 Å². The van der Waals surface area contributed by atoms with E-state index in [2.05, 4.69) is 137 Å². The molecule has 5 heteroatoms. The molecule has 0 aromatic carbocycles. The van der Waals surface area contributed by atoms with Gasteiger partial charge in [0.2, 0.25) is 0 Å². The van der Waals surface area contributed by atoms with Crippen molar-refractivity contribution >= 4 is 13.2 Å². The van der Waals surface area contributed by atoms with Crippen LogP contribution >= 0.6 is 7.37 Å². The van der Waals surface area contributed by atoms with E-state index in [9.17, 15) is 9.36 Å². The Kier molecular flexibility index (Phi) is 25.5. The third kappa shape index (κ3) is 33.0. The van der Waals surface area contributed by atoms with E-state index >= 15 is 0 Å². The summed E-state index contributed by atoms with van der Waals surface area (Å²) in [7, 11) is -1.14. The normalized spacial score (nSPS) is 8.97. The molecule has 2 atom stereocenters. The molecule has 0 saturated carbocycles. The SMILES string of the molecule is CC#CC#CC#CC#CC#CC#CC#CC#CC#CC#CC#CC.[CH2-][P@@](C)(=O)OC[C@H](COC)CC(=O)CC. The van der Waals surface area contributed by atoms with Crippen molar-refractivity contribution in [1.29, 1.82) is 0 Å². The first-order chi connectivity index (χ1) is 18.8. The molecule has 0 saturated heterocycles. The summed E-state index contributed by atoms with van der Waals surface area (Å²) in [5, 5.41) is 0. The second-order valence-electron chi connectivity index (χ2n) is 6.73. The molecule has 192 valence electrons. The van der Waals surface area contributed by atoms with Crippen molar-refractivity contribution in [3.63, 3.8) is 0 Å². The van der Waals surface area contributed by atoms with E-state index in [-0.39, 0.29) is 18.3 Å². The van der Waals surface area contributed by atoms with Gasteiger partial charge in [0.1, 0.15) is 5.78 Å². The van der Waals surface area contributed by atoms with Gasteiger partial charge in [0, 0.05) is 49.6 Å². The molecular formula is C34H26O4P-. The van der Waals surface area contributed by atoms with Crippen LogP contribution in [0.2, 0.25) is 0 Å². The molecule has 0 aliphatic carbocycles. The van der Waals surface area contributed by atoms with E-state index in [1.54, 1.807) is 21.0 Å². The van der Waals surface area contributed by atoms with Gasteiger partial charge < -0.3 is 13.8 Å². The molecule has 0 fully saturated rings. The highest BCUT2D eigenvalue weighted by Crippen LogP contribution is 2.40. The second kappa shape index (κ2) is 27.6. The van der Waals surface area contributed by atoms with Crippen molar-refractivity contribution < 1.29 is 18.6 Å². The van der Waals surface area contributed by atoms with Gasteiger partial charge in [0.25, 0.3) is 0 Å². The zero-order valence-corrected chi connectivity index (χ0v) is 23.6. The second-order valence-corrected chi connectivity index (χ2v) is 9.01. The Morgan fingerprint density at radius 1 is 0.667 bits per heavy atom. The third-order valence-electron chi connectivity index (χ3n) is 3.33. The number of hydrogen-bond donors (Lipinski definition) is 0. The van der Waals surface area contributed by atoms with Gasteiger partial charge in [-0.25, -0.2) is 0 Å².